The van der Waals surface area contributed by atoms with Crippen LogP contribution >= 0.6 is 0 Å². The van der Waals surface area contributed by atoms with E-state index in [4.69, 9.17) is 0 Å². The van der Waals surface area contributed by atoms with E-state index in [0.29, 0.717) is 6.54 Å². The number of hydrogen-bond donors (Lipinski definition) is 1. The molecule has 0 saturated heterocycles. The quantitative estimate of drug-likeness (QED) is 0.836. The average Bonchev–Trinajstić information content (AvgIpc) is 2.36. The lowest BCUT2D eigenvalue weighted by Gasteiger charge is -2.27. The lowest BCUT2D eigenvalue weighted by atomic mass is 10.1. The predicted molar refractivity (Wildman–Crippen MR) is 74.8 cm³/mol. The van der Waals surface area contributed by atoms with Crippen molar-refractivity contribution in [3.05, 3.63) is 29.8 Å². The first-order chi connectivity index (χ1) is 8.32. The lowest BCUT2D eigenvalue weighted by Crippen LogP contribution is -2.49. The van der Waals surface area contributed by atoms with Crippen molar-refractivity contribution >= 4 is 11.8 Å². The highest BCUT2D eigenvalue weighted by Gasteiger charge is 2.32. The minimum absolute atomic E-state index is 0.0893. The van der Waals surface area contributed by atoms with Gasteiger partial charge >= 0.3 is 6.09 Å². The van der Waals surface area contributed by atoms with Gasteiger partial charge in [-0.25, -0.2) is 0 Å². The van der Waals surface area contributed by atoms with E-state index in [2.05, 4.69) is 11.8 Å². The highest BCUT2D eigenvalue weighted by atomic mass is 16.4. The van der Waals surface area contributed by atoms with Gasteiger partial charge in [-0.05, 0) is 39.6 Å². The highest BCUT2D eigenvalue weighted by molar-refractivity contribution is 5.80. The summed E-state index contributed by atoms with van der Waals surface area (Å²) in [5, 5.41) is 9.39. The van der Waals surface area contributed by atoms with Gasteiger partial charge in [-0.3, -0.25) is 0 Å². The molecule has 1 aromatic rings. The molecule has 0 aromatic heterocycles. The summed E-state index contributed by atoms with van der Waals surface area (Å²) >= 11 is 0. The molecule has 1 N–H and O–H groups in total. The van der Waals surface area contributed by atoms with Crippen molar-refractivity contribution in [3.63, 3.8) is 0 Å². The van der Waals surface area contributed by atoms with Gasteiger partial charge in [0.25, 0.3) is 0 Å². The lowest BCUT2D eigenvalue weighted by molar-refractivity contribution is 0.158. The van der Waals surface area contributed by atoms with Crippen LogP contribution in [0.1, 0.15) is 25.5 Å². The molecule has 0 fully saturated rings. The SMILES string of the molecule is CC[N@+](C)(C(=O)O)c1cccc(C(C)N(C)C)c1. The molecule has 1 rings (SSSR count). The van der Waals surface area contributed by atoms with E-state index >= 15 is 0 Å². The number of benzene rings is 1. The van der Waals surface area contributed by atoms with Crippen molar-refractivity contribution in [1.29, 1.82) is 0 Å². The van der Waals surface area contributed by atoms with E-state index in [1.807, 2.05) is 45.3 Å². The molecule has 0 aliphatic rings. The molecule has 4 heteroatoms. The van der Waals surface area contributed by atoms with Crippen LogP contribution in [0.2, 0.25) is 0 Å². The summed E-state index contributed by atoms with van der Waals surface area (Å²) in [7, 11) is 5.76. The van der Waals surface area contributed by atoms with Gasteiger partial charge < -0.3 is 10.0 Å². The van der Waals surface area contributed by atoms with Gasteiger partial charge in [-0.2, -0.15) is 9.28 Å². The minimum Gasteiger partial charge on any atom is -0.435 e. The Morgan fingerprint density at radius 1 is 1.44 bits per heavy atom. The summed E-state index contributed by atoms with van der Waals surface area (Å²) in [4.78, 5) is 13.5. The van der Waals surface area contributed by atoms with Gasteiger partial charge in [0, 0.05) is 12.1 Å². The maximum Gasteiger partial charge on any atom is 0.518 e. The Kier molecular flexibility index (Phi) is 4.48. The van der Waals surface area contributed by atoms with Crippen LogP contribution < -0.4 is 4.48 Å². The van der Waals surface area contributed by atoms with E-state index in [0.717, 1.165) is 11.3 Å². The minimum atomic E-state index is -0.827. The van der Waals surface area contributed by atoms with Crippen molar-refractivity contribution in [2.75, 3.05) is 27.7 Å². The van der Waals surface area contributed by atoms with Gasteiger partial charge in [-0.15, -0.1) is 0 Å². The number of rotatable bonds is 4. The predicted octanol–water partition coefficient (Wildman–Crippen LogP) is 2.94. The van der Waals surface area contributed by atoms with Crippen LogP contribution in [0.15, 0.2) is 24.3 Å². The second-order valence-corrected chi connectivity index (χ2v) is 5.02. The zero-order valence-electron chi connectivity index (χ0n) is 11.8. The molecule has 1 unspecified atom stereocenters. The van der Waals surface area contributed by atoms with Gasteiger partial charge in [0.2, 0.25) is 0 Å². The Hall–Kier alpha value is -1.39. The molecule has 4 nitrogen and oxygen atoms in total. The molecule has 18 heavy (non-hydrogen) atoms. The molecule has 0 aliphatic heterocycles. The van der Waals surface area contributed by atoms with E-state index in [1.165, 1.54) is 0 Å². The number of nitrogens with zero attached hydrogens (tertiary/aromatic N) is 2. The first-order valence-corrected chi connectivity index (χ1v) is 6.19. The Morgan fingerprint density at radius 3 is 2.50 bits per heavy atom. The van der Waals surface area contributed by atoms with Gasteiger partial charge in [0.1, 0.15) is 5.69 Å². The second-order valence-electron chi connectivity index (χ2n) is 5.02. The fourth-order valence-electron chi connectivity index (χ4n) is 1.82. The summed E-state index contributed by atoms with van der Waals surface area (Å²) in [6, 6.07) is 8.10. The fraction of sp³-hybridized carbons (Fsp3) is 0.500. The van der Waals surface area contributed by atoms with Crippen LogP contribution in [0.3, 0.4) is 0 Å². The third kappa shape index (κ3) is 2.71. The number of carbonyl (C=O) groups is 1. The number of hydrogen-bond acceptors (Lipinski definition) is 2. The van der Waals surface area contributed by atoms with Crippen LogP contribution in [0.4, 0.5) is 10.5 Å². The molecule has 0 heterocycles. The Labute approximate surface area is 109 Å². The highest BCUT2D eigenvalue weighted by Crippen LogP contribution is 2.26. The Bertz CT molecular complexity index is 432. The zero-order chi connectivity index (χ0) is 13.9. The molecule has 0 radical (unpaired) electrons. The first kappa shape index (κ1) is 14.7. The summed E-state index contributed by atoms with van der Waals surface area (Å²) in [6.45, 7) is 4.52. The van der Waals surface area contributed by atoms with Crippen LogP contribution in [0, 0.1) is 0 Å². The van der Waals surface area contributed by atoms with Crippen LogP contribution in [0.25, 0.3) is 0 Å². The van der Waals surface area contributed by atoms with Crippen molar-refractivity contribution in [2.45, 2.75) is 19.9 Å². The molecular formula is C14H23N2O2+. The molecular weight excluding hydrogens is 228 g/mol. The topological polar surface area (TPSA) is 40.5 Å². The fourth-order valence-corrected chi connectivity index (χ4v) is 1.82. The van der Waals surface area contributed by atoms with Gasteiger partial charge in [0.05, 0.1) is 13.6 Å². The number of amides is 1. The smallest absolute Gasteiger partial charge is 0.435 e. The van der Waals surface area contributed by atoms with Crippen LogP contribution in [0.5, 0.6) is 0 Å². The second kappa shape index (κ2) is 5.50. The van der Waals surface area contributed by atoms with Crippen molar-refractivity contribution in [1.82, 2.24) is 9.38 Å². The molecule has 100 valence electrons. The van der Waals surface area contributed by atoms with Gasteiger partial charge in [-0.1, -0.05) is 12.1 Å². The van der Waals surface area contributed by atoms with Crippen molar-refractivity contribution in [2.24, 2.45) is 0 Å². The Balaban J connectivity index is 3.20. The number of quaternary nitrogens is 1. The first-order valence-electron chi connectivity index (χ1n) is 6.19. The van der Waals surface area contributed by atoms with E-state index in [1.54, 1.807) is 7.05 Å². The number of carboxylic acid groups (broad SMARTS) is 1. The molecule has 1 aromatic carbocycles. The summed E-state index contributed by atoms with van der Waals surface area (Å²) in [6.07, 6.45) is -0.827. The summed E-state index contributed by atoms with van der Waals surface area (Å²) in [5.74, 6) is 0. The monoisotopic (exact) mass is 251 g/mol. The molecule has 0 saturated carbocycles. The third-order valence-electron chi connectivity index (χ3n) is 3.75. The largest absolute Gasteiger partial charge is 0.518 e. The standard InChI is InChI=1S/C14H22N2O2/c1-6-16(5,14(17)18)13-9-7-8-12(10-13)11(2)15(3)4/h7-11H,6H2,1-5H3/p+1/t11?,16-/m0/s1. The van der Waals surface area contributed by atoms with Crippen molar-refractivity contribution < 1.29 is 9.90 Å². The molecule has 0 bridgehead atoms. The third-order valence-corrected chi connectivity index (χ3v) is 3.75. The normalized spacial score (nSPS) is 16.3. The zero-order valence-corrected chi connectivity index (χ0v) is 11.8. The Morgan fingerprint density at radius 2 is 2.06 bits per heavy atom. The summed E-state index contributed by atoms with van der Waals surface area (Å²) in [5.41, 5.74) is 1.95. The molecule has 0 spiro atoms. The maximum atomic E-state index is 11.4. The van der Waals surface area contributed by atoms with E-state index in [-0.39, 0.29) is 10.5 Å². The van der Waals surface area contributed by atoms with E-state index < -0.39 is 6.09 Å². The molecule has 0 aliphatic carbocycles. The maximum absolute atomic E-state index is 11.4. The van der Waals surface area contributed by atoms with Gasteiger partial charge in [0.15, 0.2) is 0 Å². The average molecular weight is 251 g/mol. The van der Waals surface area contributed by atoms with E-state index in [9.17, 15) is 9.90 Å². The van der Waals surface area contributed by atoms with Crippen LogP contribution in [-0.2, 0) is 0 Å². The summed E-state index contributed by atoms with van der Waals surface area (Å²) < 4.78 is -0.0893. The van der Waals surface area contributed by atoms with Crippen molar-refractivity contribution in [3.8, 4) is 0 Å². The molecule has 1 amide bonds. The van der Waals surface area contributed by atoms with Crippen LogP contribution in [-0.4, -0.2) is 43.8 Å². The molecule has 2 atom stereocenters.